The number of aromatic nitrogens is 2. The SMILES string of the molecule is CCC[C@H]1O[C@@H](n2ccc(=O)[nH]c2=O)C(OC)C1O[Si](C)(C)C(C)(C)C. The largest absolute Gasteiger partial charge is 0.408 e. The van der Waals surface area contributed by atoms with E-state index in [1.807, 2.05) is 0 Å². The van der Waals surface area contributed by atoms with Gasteiger partial charge in [0, 0.05) is 19.4 Å². The molecule has 8 heteroatoms. The molecule has 1 saturated heterocycles. The smallest absolute Gasteiger partial charge is 0.330 e. The van der Waals surface area contributed by atoms with Gasteiger partial charge in [0.25, 0.3) is 5.56 Å². The molecule has 1 aliphatic rings. The van der Waals surface area contributed by atoms with Crippen LogP contribution in [0.2, 0.25) is 18.1 Å². The fourth-order valence-electron chi connectivity index (χ4n) is 2.99. The maximum Gasteiger partial charge on any atom is 0.330 e. The zero-order valence-electron chi connectivity index (χ0n) is 16.9. The van der Waals surface area contributed by atoms with E-state index in [1.165, 1.54) is 16.8 Å². The summed E-state index contributed by atoms with van der Waals surface area (Å²) in [5.74, 6) is 0. The third-order valence-electron chi connectivity index (χ3n) is 5.49. The second kappa shape index (κ2) is 7.80. The lowest BCUT2D eigenvalue weighted by Gasteiger charge is -2.40. The number of aromatic amines is 1. The van der Waals surface area contributed by atoms with Gasteiger partial charge in [-0.05, 0) is 24.6 Å². The van der Waals surface area contributed by atoms with Crippen molar-refractivity contribution in [2.75, 3.05) is 7.11 Å². The van der Waals surface area contributed by atoms with Gasteiger partial charge in [-0.1, -0.05) is 34.1 Å². The number of hydrogen-bond acceptors (Lipinski definition) is 5. The molecule has 0 aliphatic carbocycles. The third-order valence-corrected chi connectivity index (χ3v) is 9.97. The van der Waals surface area contributed by atoms with Gasteiger partial charge in [0.05, 0.1) is 6.10 Å². The van der Waals surface area contributed by atoms with Gasteiger partial charge < -0.3 is 13.9 Å². The first kappa shape index (κ1) is 21.1. The van der Waals surface area contributed by atoms with Crippen molar-refractivity contribution in [3.63, 3.8) is 0 Å². The van der Waals surface area contributed by atoms with Gasteiger partial charge in [0.15, 0.2) is 14.5 Å². The summed E-state index contributed by atoms with van der Waals surface area (Å²) in [6, 6.07) is 1.31. The highest BCUT2D eigenvalue weighted by Gasteiger charge is 2.50. The molecule has 1 N–H and O–H groups in total. The Morgan fingerprint density at radius 2 is 1.92 bits per heavy atom. The summed E-state index contributed by atoms with van der Waals surface area (Å²) in [4.78, 5) is 25.9. The minimum Gasteiger partial charge on any atom is -0.408 e. The van der Waals surface area contributed by atoms with Gasteiger partial charge in [-0.25, -0.2) is 4.79 Å². The predicted octanol–water partition coefficient (Wildman–Crippen LogP) is 2.64. The van der Waals surface area contributed by atoms with Gasteiger partial charge >= 0.3 is 5.69 Å². The Morgan fingerprint density at radius 1 is 1.27 bits per heavy atom. The van der Waals surface area contributed by atoms with Crippen LogP contribution in [0.15, 0.2) is 21.9 Å². The molecule has 0 bridgehead atoms. The summed E-state index contributed by atoms with van der Waals surface area (Å²) in [6.07, 6.45) is 1.72. The summed E-state index contributed by atoms with van der Waals surface area (Å²) in [5, 5.41) is 0.0506. The minimum absolute atomic E-state index is 0.0506. The third kappa shape index (κ3) is 4.19. The topological polar surface area (TPSA) is 82.6 Å². The maximum absolute atomic E-state index is 12.2. The molecule has 7 nitrogen and oxygen atoms in total. The number of ether oxygens (including phenoxy) is 2. The Kier molecular flexibility index (Phi) is 6.32. The first-order valence-electron chi connectivity index (χ1n) is 9.19. The fourth-order valence-corrected chi connectivity index (χ4v) is 4.31. The van der Waals surface area contributed by atoms with Crippen LogP contribution < -0.4 is 11.2 Å². The van der Waals surface area contributed by atoms with Gasteiger partial charge in [-0.15, -0.1) is 0 Å². The molecule has 0 aromatic carbocycles. The van der Waals surface area contributed by atoms with Gasteiger partial charge in [-0.3, -0.25) is 14.3 Å². The maximum atomic E-state index is 12.2. The Balaban J connectivity index is 2.39. The fraction of sp³-hybridized carbons (Fsp3) is 0.778. The van der Waals surface area contributed by atoms with E-state index in [4.69, 9.17) is 13.9 Å². The van der Waals surface area contributed by atoms with E-state index in [0.717, 1.165) is 12.8 Å². The Hall–Kier alpha value is -1.22. The van der Waals surface area contributed by atoms with E-state index in [0.29, 0.717) is 0 Å². The van der Waals surface area contributed by atoms with Crippen LogP contribution in [0.3, 0.4) is 0 Å². The monoisotopic (exact) mass is 384 g/mol. The zero-order valence-corrected chi connectivity index (χ0v) is 17.9. The van der Waals surface area contributed by atoms with Crippen LogP contribution in [0.25, 0.3) is 0 Å². The van der Waals surface area contributed by atoms with Gasteiger partial charge in [-0.2, -0.15) is 0 Å². The Morgan fingerprint density at radius 3 is 2.42 bits per heavy atom. The first-order chi connectivity index (χ1) is 12.0. The molecule has 4 atom stereocenters. The van der Waals surface area contributed by atoms with E-state index in [2.05, 4.69) is 45.8 Å². The zero-order chi connectivity index (χ0) is 19.7. The summed E-state index contributed by atoms with van der Waals surface area (Å²) in [6.45, 7) is 13.1. The lowest BCUT2D eigenvalue weighted by Crippen LogP contribution is -2.49. The predicted molar refractivity (Wildman–Crippen MR) is 103 cm³/mol. The molecule has 1 aromatic rings. The van der Waals surface area contributed by atoms with Crippen LogP contribution in [0.5, 0.6) is 0 Å². The van der Waals surface area contributed by atoms with Crippen molar-refractivity contribution >= 4 is 8.32 Å². The minimum atomic E-state index is -2.06. The average molecular weight is 385 g/mol. The number of hydrogen-bond donors (Lipinski definition) is 1. The van der Waals surface area contributed by atoms with Crippen LogP contribution in [-0.2, 0) is 13.9 Å². The molecule has 2 rings (SSSR count). The van der Waals surface area contributed by atoms with Crippen LogP contribution in [0, 0.1) is 0 Å². The molecule has 26 heavy (non-hydrogen) atoms. The molecule has 148 valence electrons. The van der Waals surface area contributed by atoms with Gasteiger partial charge in [0.1, 0.15) is 12.2 Å². The van der Waals surface area contributed by atoms with Crippen LogP contribution in [-0.4, -0.2) is 43.3 Å². The van der Waals surface area contributed by atoms with Crippen LogP contribution in [0.1, 0.15) is 46.8 Å². The van der Waals surface area contributed by atoms with E-state index in [9.17, 15) is 9.59 Å². The molecule has 1 aliphatic heterocycles. The Bertz CT molecular complexity index is 721. The van der Waals surface area contributed by atoms with Crippen LogP contribution >= 0.6 is 0 Å². The van der Waals surface area contributed by atoms with Crippen LogP contribution in [0.4, 0.5) is 0 Å². The molecule has 1 fully saturated rings. The van der Waals surface area contributed by atoms with Crippen molar-refractivity contribution in [2.24, 2.45) is 0 Å². The number of nitrogens with zero attached hydrogens (tertiary/aromatic N) is 1. The second-order valence-electron chi connectivity index (χ2n) is 8.41. The average Bonchev–Trinajstić information content (AvgIpc) is 2.83. The normalized spacial score (nSPS) is 27.0. The quantitative estimate of drug-likeness (QED) is 0.763. The highest BCUT2D eigenvalue weighted by Crippen LogP contribution is 2.42. The molecular formula is C18H32N2O5Si. The van der Waals surface area contributed by atoms with Crippen molar-refractivity contribution in [3.8, 4) is 0 Å². The number of rotatable bonds is 6. The molecular weight excluding hydrogens is 352 g/mol. The summed E-state index contributed by atoms with van der Waals surface area (Å²) < 4.78 is 20.0. The number of methoxy groups -OCH3 is 1. The summed E-state index contributed by atoms with van der Waals surface area (Å²) in [7, 11) is -0.452. The summed E-state index contributed by atoms with van der Waals surface area (Å²) >= 11 is 0. The highest BCUT2D eigenvalue weighted by molar-refractivity contribution is 6.74. The number of H-pyrrole nitrogens is 1. The second-order valence-corrected chi connectivity index (χ2v) is 13.2. The van der Waals surface area contributed by atoms with Crippen molar-refractivity contribution in [1.29, 1.82) is 0 Å². The standard InChI is InChI=1S/C18H32N2O5Si/c1-8-9-12-14(25-26(6,7)18(2,3)4)15(23-5)16(24-12)20-11-10-13(21)19-17(20)22/h10-12,14-16H,8-9H2,1-7H3,(H,19,21,22)/t12-,14?,15?,16-/m1/s1. The summed E-state index contributed by atoms with van der Waals surface area (Å²) in [5.41, 5.74) is -0.940. The molecule has 0 amide bonds. The van der Waals surface area contributed by atoms with Gasteiger partial charge in [0.2, 0.25) is 0 Å². The van der Waals surface area contributed by atoms with E-state index < -0.39 is 31.9 Å². The molecule has 1 aromatic heterocycles. The van der Waals surface area contributed by atoms with E-state index in [1.54, 1.807) is 7.11 Å². The van der Waals surface area contributed by atoms with Crippen molar-refractivity contribution in [1.82, 2.24) is 9.55 Å². The molecule has 0 saturated carbocycles. The molecule has 0 radical (unpaired) electrons. The van der Waals surface area contributed by atoms with Crippen molar-refractivity contribution in [3.05, 3.63) is 33.1 Å². The molecule has 2 heterocycles. The Labute approximate surface area is 155 Å². The molecule has 0 spiro atoms. The molecule has 2 unspecified atom stereocenters. The number of nitrogens with one attached hydrogen (secondary N) is 1. The lowest BCUT2D eigenvalue weighted by molar-refractivity contribution is -0.0547. The lowest BCUT2D eigenvalue weighted by atomic mass is 10.1. The first-order valence-corrected chi connectivity index (χ1v) is 12.1. The van der Waals surface area contributed by atoms with E-state index >= 15 is 0 Å². The highest BCUT2D eigenvalue weighted by atomic mass is 28.4. The van der Waals surface area contributed by atoms with Crippen molar-refractivity contribution in [2.45, 2.75) is 83.2 Å². The van der Waals surface area contributed by atoms with Crippen molar-refractivity contribution < 1.29 is 13.9 Å². The van der Waals surface area contributed by atoms with E-state index in [-0.39, 0.29) is 17.2 Å².